The molecule has 0 heterocycles. The van der Waals surface area contributed by atoms with Gasteiger partial charge in [-0.1, -0.05) is 29.8 Å². The second kappa shape index (κ2) is 5.85. The van der Waals surface area contributed by atoms with Crippen molar-refractivity contribution in [3.05, 3.63) is 59.6 Å². The summed E-state index contributed by atoms with van der Waals surface area (Å²) >= 11 is 11.1. The molecule has 2 aromatic rings. The van der Waals surface area contributed by atoms with Crippen LogP contribution in [0.1, 0.15) is 0 Å². The molecule has 0 bridgehead atoms. The van der Waals surface area contributed by atoms with Crippen LogP contribution in [0.3, 0.4) is 0 Å². The first-order chi connectivity index (χ1) is 8.66. The summed E-state index contributed by atoms with van der Waals surface area (Å²) in [5.74, 6) is 0.673. The molecule has 0 aliphatic carbocycles. The second-order valence-electron chi connectivity index (χ2n) is 3.72. The number of halogens is 1. The van der Waals surface area contributed by atoms with Crippen LogP contribution in [0.25, 0.3) is 0 Å². The maximum absolute atomic E-state index is 5.81. The molecule has 0 saturated carbocycles. The number of rotatable bonds is 2. The van der Waals surface area contributed by atoms with E-state index < -0.39 is 0 Å². The van der Waals surface area contributed by atoms with Crippen LogP contribution in [0.2, 0.25) is 5.02 Å². The van der Waals surface area contributed by atoms with E-state index in [0.717, 1.165) is 5.69 Å². The van der Waals surface area contributed by atoms with Crippen molar-refractivity contribution in [2.75, 3.05) is 11.9 Å². The Labute approximate surface area is 117 Å². The van der Waals surface area contributed by atoms with Crippen molar-refractivity contribution in [1.82, 2.24) is 0 Å². The number of hydrogen-bond acceptors (Lipinski definition) is 2. The lowest BCUT2D eigenvalue weighted by atomic mass is 10.3. The van der Waals surface area contributed by atoms with Crippen LogP contribution < -0.4 is 9.64 Å². The highest BCUT2D eigenvalue weighted by Crippen LogP contribution is 2.18. The summed E-state index contributed by atoms with van der Waals surface area (Å²) < 4.78 is 5.58. The zero-order valence-electron chi connectivity index (χ0n) is 9.84. The maximum atomic E-state index is 5.81. The van der Waals surface area contributed by atoms with E-state index in [2.05, 4.69) is 0 Å². The molecule has 0 amide bonds. The Morgan fingerprint density at radius 1 is 1.06 bits per heavy atom. The summed E-state index contributed by atoms with van der Waals surface area (Å²) in [6.07, 6.45) is 0. The number of anilines is 1. The van der Waals surface area contributed by atoms with Crippen molar-refractivity contribution in [3.63, 3.8) is 0 Å². The fourth-order valence-electron chi connectivity index (χ4n) is 1.43. The summed E-state index contributed by atoms with van der Waals surface area (Å²) in [6.45, 7) is 0. The third kappa shape index (κ3) is 3.22. The van der Waals surface area contributed by atoms with Crippen molar-refractivity contribution < 1.29 is 4.74 Å². The van der Waals surface area contributed by atoms with Gasteiger partial charge < -0.3 is 9.64 Å². The molecule has 92 valence electrons. The number of benzene rings is 2. The van der Waals surface area contributed by atoms with Crippen molar-refractivity contribution in [2.45, 2.75) is 0 Å². The topological polar surface area (TPSA) is 12.5 Å². The van der Waals surface area contributed by atoms with E-state index in [1.54, 1.807) is 24.3 Å². The van der Waals surface area contributed by atoms with Gasteiger partial charge in [0.1, 0.15) is 5.75 Å². The third-order valence-electron chi connectivity index (χ3n) is 2.44. The Bertz CT molecular complexity index is 527. The van der Waals surface area contributed by atoms with Gasteiger partial charge in [-0.15, -0.1) is 0 Å². The summed E-state index contributed by atoms with van der Waals surface area (Å²) in [5, 5.41) is 1.06. The number of para-hydroxylation sites is 1. The Kier molecular flexibility index (Phi) is 4.18. The molecule has 2 rings (SSSR count). The van der Waals surface area contributed by atoms with Crippen LogP contribution in [-0.4, -0.2) is 12.2 Å². The molecule has 18 heavy (non-hydrogen) atoms. The number of thiocarbonyl (C=S) groups is 1. The van der Waals surface area contributed by atoms with E-state index in [4.69, 9.17) is 28.6 Å². The quantitative estimate of drug-likeness (QED) is 0.766. The highest BCUT2D eigenvalue weighted by molar-refractivity contribution is 7.80. The second-order valence-corrected chi connectivity index (χ2v) is 4.50. The van der Waals surface area contributed by atoms with Gasteiger partial charge in [0, 0.05) is 17.8 Å². The molecule has 4 heteroatoms. The van der Waals surface area contributed by atoms with Gasteiger partial charge in [0.2, 0.25) is 0 Å². The first-order valence-corrected chi connectivity index (χ1v) is 6.21. The summed E-state index contributed by atoms with van der Waals surface area (Å²) in [6, 6.07) is 16.9. The molecular weight excluding hydrogens is 266 g/mol. The first-order valence-electron chi connectivity index (χ1n) is 5.43. The van der Waals surface area contributed by atoms with Gasteiger partial charge in [0.05, 0.1) is 0 Å². The summed E-state index contributed by atoms with van der Waals surface area (Å²) in [4.78, 5) is 1.81. The minimum absolute atomic E-state index is 0.392. The number of nitrogens with zero attached hydrogens (tertiary/aromatic N) is 1. The molecular formula is C14H12ClNOS. The molecule has 0 aromatic heterocycles. The molecule has 0 atom stereocenters. The molecule has 0 N–H and O–H groups in total. The average Bonchev–Trinajstić information content (AvgIpc) is 2.41. The highest BCUT2D eigenvalue weighted by Gasteiger charge is 2.08. The van der Waals surface area contributed by atoms with Crippen LogP contribution >= 0.6 is 23.8 Å². The molecule has 0 fully saturated rings. The minimum Gasteiger partial charge on any atom is -0.432 e. The smallest absolute Gasteiger partial charge is 0.269 e. The number of hydrogen-bond donors (Lipinski definition) is 0. The van der Waals surface area contributed by atoms with Crippen molar-refractivity contribution in [2.24, 2.45) is 0 Å². The Balaban J connectivity index is 2.06. The standard InChI is InChI=1S/C14H12ClNOS/c1-16(12-5-3-2-4-6-12)14(18)17-13-9-7-11(15)8-10-13/h2-10H,1H3. The zero-order chi connectivity index (χ0) is 13.0. The predicted molar refractivity (Wildman–Crippen MR) is 79.5 cm³/mol. The monoisotopic (exact) mass is 277 g/mol. The van der Waals surface area contributed by atoms with E-state index in [-0.39, 0.29) is 0 Å². The molecule has 0 saturated heterocycles. The van der Waals surface area contributed by atoms with Crippen LogP contribution in [0.15, 0.2) is 54.6 Å². The Hall–Kier alpha value is -1.58. The predicted octanol–water partition coefficient (Wildman–Crippen LogP) is 4.14. The van der Waals surface area contributed by atoms with Gasteiger partial charge in [-0.25, -0.2) is 0 Å². The van der Waals surface area contributed by atoms with Crippen LogP contribution in [-0.2, 0) is 0 Å². The Morgan fingerprint density at radius 2 is 1.67 bits per heavy atom. The molecule has 0 aliphatic rings. The van der Waals surface area contributed by atoms with Crippen LogP contribution in [0.4, 0.5) is 5.69 Å². The fraction of sp³-hybridized carbons (Fsp3) is 0.0714. The van der Waals surface area contributed by atoms with Gasteiger partial charge in [-0.05, 0) is 48.6 Å². The van der Waals surface area contributed by atoms with Crippen molar-refractivity contribution in [1.29, 1.82) is 0 Å². The van der Waals surface area contributed by atoms with Gasteiger partial charge in [-0.3, -0.25) is 0 Å². The lowest BCUT2D eigenvalue weighted by molar-refractivity contribution is 0.552. The van der Waals surface area contributed by atoms with Crippen LogP contribution in [0, 0.1) is 0 Å². The maximum Gasteiger partial charge on any atom is 0.269 e. The normalized spacial score (nSPS) is 9.89. The van der Waals surface area contributed by atoms with E-state index in [9.17, 15) is 0 Å². The molecule has 0 radical (unpaired) electrons. The lowest BCUT2D eigenvalue weighted by Crippen LogP contribution is -2.28. The van der Waals surface area contributed by atoms with E-state index >= 15 is 0 Å². The zero-order valence-corrected chi connectivity index (χ0v) is 11.4. The van der Waals surface area contributed by atoms with Gasteiger partial charge in [0.25, 0.3) is 5.17 Å². The molecule has 0 spiro atoms. The first kappa shape index (κ1) is 12.9. The molecule has 2 aromatic carbocycles. The molecule has 2 nitrogen and oxygen atoms in total. The van der Waals surface area contributed by atoms with Gasteiger partial charge >= 0.3 is 0 Å². The summed E-state index contributed by atoms with van der Waals surface area (Å²) in [7, 11) is 1.87. The van der Waals surface area contributed by atoms with Gasteiger partial charge in [-0.2, -0.15) is 0 Å². The highest BCUT2D eigenvalue weighted by atomic mass is 35.5. The average molecular weight is 278 g/mol. The molecule has 0 aliphatic heterocycles. The minimum atomic E-state index is 0.392. The van der Waals surface area contributed by atoms with E-state index in [0.29, 0.717) is 15.9 Å². The van der Waals surface area contributed by atoms with Gasteiger partial charge in [0.15, 0.2) is 0 Å². The van der Waals surface area contributed by atoms with E-state index in [1.807, 2.05) is 42.3 Å². The summed E-state index contributed by atoms with van der Waals surface area (Å²) in [5.41, 5.74) is 0.983. The van der Waals surface area contributed by atoms with Crippen LogP contribution in [0.5, 0.6) is 5.75 Å². The SMILES string of the molecule is CN(C(=S)Oc1ccc(Cl)cc1)c1ccccc1. The number of ether oxygens (including phenoxy) is 1. The van der Waals surface area contributed by atoms with E-state index in [1.165, 1.54) is 0 Å². The van der Waals surface area contributed by atoms with Crippen molar-refractivity contribution in [3.8, 4) is 5.75 Å². The lowest BCUT2D eigenvalue weighted by Gasteiger charge is -2.19. The molecule has 0 unspecified atom stereocenters. The van der Waals surface area contributed by atoms with Crippen molar-refractivity contribution >= 4 is 34.7 Å². The Morgan fingerprint density at radius 3 is 2.28 bits per heavy atom. The third-order valence-corrected chi connectivity index (χ3v) is 3.05. The fourth-order valence-corrected chi connectivity index (χ4v) is 1.76. The largest absolute Gasteiger partial charge is 0.432 e.